The summed E-state index contributed by atoms with van der Waals surface area (Å²) in [5, 5.41) is 41.7. The van der Waals surface area contributed by atoms with Crippen LogP contribution in [-0.2, 0) is 6.54 Å². The zero-order chi connectivity index (χ0) is 22.0. The summed E-state index contributed by atoms with van der Waals surface area (Å²) in [4.78, 5) is 13.5. The molecule has 9 heteroatoms. The number of phenolic OH excluding ortho intramolecular Hbond substituents is 2. The number of nitrogens with zero attached hydrogens (tertiary/aromatic N) is 2. The van der Waals surface area contributed by atoms with Crippen LogP contribution in [-0.4, -0.2) is 63.7 Å². The van der Waals surface area contributed by atoms with E-state index in [1.165, 1.54) is 12.1 Å². The molecule has 0 spiro atoms. The van der Waals surface area contributed by atoms with Crippen molar-refractivity contribution in [2.75, 3.05) is 38.1 Å². The largest absolute Gasteiger partial charge is 0.507 e. The van der Waals surface area contributed by atoms with Gasteiger partial charge in [0, 0.05) is 30.7 Å². The Kier molecular flexibility index (Phi) is 6.08. The summed E-state index contributed by atoms with van der Waals surface area (Å²) in [6, 6.07) is 6.45. The van der Waals surface area contributed by atoms with Crippen molar-refractivity contribution in [2.45, 2.75) is 19.4 Å². The maximum Gasteiger partial charge on any atom is 0.200 e. The maximum atomic E-state index is 13.5. The number of carbonyl (C=O) groups excluding carboxylic acids is 1. The predicted molar refractivity (Wildman–Crippen MR) is 119 cm³/mol. The Morgan fingerprint density at radius 1 is 0.968 bits per heavy atom. The third-order valence-electron chi connectivity index (χ3n) is 5.51. The number of aromatic nitrogens is 2. The van der Waals surface area contributed by atoms with E-state index in [4.69, 9.17) is 15.9 Å². The summed E-state index contributed by atoms with van der Waals surface area (Å²) in [5.41, 5.74) is 8.25. The van der Waals surface area contributed by atoms with Crippen LogP contribution in [0.3, 0.4) is 0 Å². The molecule has 0 atom stereocenters. The number of carbonyl (C=O) groups is 1. The summed E-state index contributed by atoms with van der Waals surface area (Å²) < 4.78 is 1.78. The zero-order valence-electron chi connectivity index (χ0n) is 17.2. The van der Waals surface area contributed by atoms with Crippen molar-refractivity contribution in [1.29, 1.82) is 0 Å². The number of hydrogen-bond donors (Lipinski definition) is 6. The molecule has 164 valence electrons. The van der Waals surface area contributed by atoms with Crippen LogP contribution in [0.5, 0.6) is 11.5 Å². The Bertz CT molecular complexity index is 1130. The molecule has 4 rings (SSSR count). The molecule has 31 heavy (non-hydrogen) atoms. The molecular formula is C22H27N5O4. The minimum atomic E-state index is -0.346. The minimum absolute atomic E-state index is 0.0451. The molecule has 9 nitrogen and oxygen atoms in total. The van der Waals surface area contributed by atoms with E-state index in [0.717, 1.165) is 18.4 Å². The number of anilines is 1. The first-order valence-corrected chi connectivity index (χ1v) is 10.5. The summed E-state index contributed by atoms with van der Waals surface area (Å²) in [5.74, 6) is -0.632. The van der Waals surface area contributed by atoms with Gasteiger partial charge in [-0.15, -0.1) is 0 Å². The van der Waals surface area contributed by atoms with Crippen LogP contribution in [0.2, 0.25) is 0 Å². The lowest BCUT2D eigenvalue weighted by atomic mass is 9.85. The number of unbranched alkanes of at least 4 members (excludes halogenated alkanes) is 1. The van der Waals surface area contributed by atoms with Gasteiger partial charge in [-0.3, -0.25) is 9.48 Å². The molecule has 0 aliphatic heterocycles. The lowest BCUT2D eigenvalue weighted by Crippen LogP contribution is -2.23. The molecule has 0 saturated heterocycles. The minimum Gasteiger partial charge on any atom is -0.507 e. The second-order valence-corrected chi connectivity index (χ2v) is 7.53. The highest BCUT2D eigenvalue weighted by atomic mass is 16.3. The van der Waals surface area contributed by atoms with E-state index in [2.05, 4.69) is 10.6 Å². The standard InChI is InChI=1S/C22H27N5O4/c23-7-1-2-8-25-13-3-4-14-18-17(13)22(31)20-16(30)6-5-15(29)19(20)21(18)26-27(14)11-9-24-10-12-28/h3-6,24-25,28-30H,1-2,7-12,23H2. The summed E-state index contributed by atoms with van der Waals surface area (Å²) in [6.45, 7) is 2.89. The van der Waals surface area contributed by atoms with E-state index in [-0.39, 0.29) is 35.0 Å². The third-order valence-corrected chi connectivity index (χ3v) is 5.51. The van der Waals surface area contributed by atoms with Crippen molar-refractivity contribution in [3.63, 3.8) is 0 Å². The van der Waals surface area contributed by atoms with E-state index in [1.807, 2.05) is 12.1 Å². The van der Waals surface area contributed by atoms with Gasteiger partial charge in [-0.25, -0.2) is 0 Å². The van der Waals surface area contributed by atoms with Crippen LogP contribution >= 0.6 is 0 Å². The number of ketones is 1. The van der Waals surface area contributed by atoms with Crippen LogP contribution in [0.15, 0.2) is 24.3 Å². The van der Waals surface area contributed by atoms with Crippen LogP contribution in [0.25, 0.3) is 22.2 Å². The molecule has 1 aliphatic carbocycles. The maximum absolute atomic E-state index is 13.5. The van der Waals surface area contributed by atoms with Crippen molar-refractivity contribution in [3.8, 4) is 22.8 Å². The highest BCUT2D eigenvalue weighted by Gasteiger charge is 2.35. The SMILES string of the molecule is NCCCCNc1ccc2c3c(nn2CCNCCO)-c2c(O)ccc(O)c2C(=O)c13. The van der Waals surface area contributed by atoms with Crippen LogP contribution in [0.1, 0.15) is 28.8 Å². The first-order valence-electron chi connectivity index (χ1n) is 10.5. The fraction of sp³-hybridized carbons (Fsp3) is 0.364. The van der Waals surface area contributed by atoms with E-state index in [1.54, 1.807) is 4.68 Å². The highest BCUT2D eigenvalue weighted by molar-refractivity contribution is 6.29. The van der Waals surface area contributed by atoms with E-state index in [9.17, 15) is 15.0 Å². The van der Waals surface area contributed by atoms with Crippen LogP contribution < -0.4 is 16.4 Å². The molecule has 0 radical (unpaired) electrons. The molecule has 1 aromatic heterocycles. The Morgan fingerprint density at radius 3 is 2.48 bits per heavy atom. The lowest BCUT2D eigenvalue weighted by Gasteiger charge is -2.20. The third kappa shape index (κ3) is 3.71. The zero-order valence-corrected chi connectivity index (χ0v) is 17.2. The first-order chi connectivity index (χ1) is 15.1. The van der Waals surface area contributed by atoms with Gasteiger partial charge in [0.05, 0.1) is 35.4 Å². The van der Waals surface area contributed by atoms with Crippen molar-refractivity contribution in [3.05, 3.63) is 35.4 Å². The normalized spacial score (nSPS) is 12.4. The Labute approximate surface area is 179 Å². The van der Waals surface area contributed by atoms with E-state index in [0.29, 0.717) is 55.1 Å². The Balaban J connectivity index is 1.85. The number of phenols is 2. The molecule has 3 aromatic rings. The molecule has 2 aromatic carbocycles. The van der Waals surface area contributed by atoms with Crippen LogP contribution in [0, 0.1) is 0 Å². The molecule has 1 aliphatic rings. The van der Waals surface area contributed by atoms with Gasteiger partial charge in [0.25, 0.3) is 0 Å². The first kappa shape index (κ1) is 21.1. The number of fused-ring (bicyclic) bond motifs is 2. The van der Waals surface area contributed by atoms with Gasteiger partial charge in [-0.05, 0) is 43.7 Å². The van der Waals surface area contributed by atoms with Crippen molar-refractivity contribution in [2.24, 2.45) is 5.73 Å². The molecule has 7 N–H and O–H groups in total. The molecule has 1 heterocycles. The average Bonchev–Trinajstić information content (AvgIpc) is 3.13. The highest BCUT2D eigenvalue weighted by Crippen LogP contribution is 2.47. The molecular weight excluding hydrogens is 398 g/mol. The summed E-state index contributed by atoms with van der Waals surface area (Å²) in [7, 11) is 0. The quantitative estimate of drug-likeness (QED) is 0.165. The summed E-state index contributed by atoms with van der Waals surface area (Å²) in [6.07, 6.45) is 1.74. The Hall–Kier alpha value is -3.14. The van der Waals surface area contributed by atoms with Gasteiger partial charge in [0.2, 0.25) is 0 Å². The van der Waals surface area contributed by atoms with Gasteiger partial charge in [0.1, 0.15) is 17.2 Å². The summed E-state index contributed by atoms with van der Waals surface area (Å²) >= 11 is 0. The van der Waals surface area contributed by atoms with Gasteiger partial charge < -0.3 is 31.7 Å². The number of aliphatic hydroxyl groups excluding tert-OH is 1. The van der Waals surface area contributed by atoms with Crippen molar-refractivity contribution < 1.29 is 20.1 Å². The number of benzene rings is 2. The second-order valence-electron chi connectivity index (χ2n) is 7.53. The lowest BCUT2D eigenvalue weighted by molar-refractivity contribution is 0.103. The van der Waals surface area contributed by atoms with Crippen molar-refractivity contribution >= 4 is 22.4 Å². The number of aromatic hydroxyl groups is 2. The van der Waals surface area contributed by atoms with E-state index >= 15 is 0 Å². The van der Waals surface area contributed by atoms with Crippen molar-refractivity contribution in [1.82, 2.24) is 15.1 Å². The molecule has 0 fully saturated rings. The molecule has 0 amide bonds. The van der Waals surface area contributed by atoms with Gasteiger partial charge in [-0.1, -0.05) is 0 Å². The number of hydrogen-bond acceptors (Lipinski definition) is 8. The molecule has 0 saturated carbocycles. The smallest absolute Gasteiger partial charge is 0.200 e. The number of rotatable bonds is 10. The predicted octanol–water partition coefficient (Wildman–Crippen LogP) is 1.39. The fourth-order valence-electron chi connectivity index (χ4n) is 4.06. The van der Waals surface area contributed by atoms with E-state index < -0.39 is 0 Å². The second kappa shape index (κ2) is 8.93. The molecule has 0 unspecified atom stereocenters. The number of nitrogens with one attached hydrogen (secondary N) is 2. The molecule has 0 bridgehead atoms. The number of nitrogens with two attached hydrogens (primary N) is 1. The van der Waals surface area contributed by atoms with Gasteiger partial charge in [-0.2, -0.15) is 5.10 Å². The monoisotopic (exact) mass is 425 g/mol. The average molecular weight is 425 g/mol. The van der Waals surface area contributed by atoms with Gasteiger partial charge in [0.15, 0.2) is 5.78 Å². The number of aliphatic hydroxyl groups is 1. The van der Waals surface area contributed by atoms with Gasteiger partial charge >= 0.3 is 0 Å². The Morgan fingerprint density at radius 2 is 1.74 bits per heavy atom. The van der Waals surface area contributed by atoms with Crippen LogP contribution in [0.4, 0.5) is 5.69 Å². The fourth-order valence-corrected chi connectivity index (χ4v) is 4.06. The topological polar surface area (TPSA) is 146 Å².